The highest BCUT2D eigenvalue weighted by molar-refractivity contribution is 7.98. The van der Waals surface area contributed by atoms with Crippen LogP contribution in [0.1, 0.15) is 28.8 Å². The molecule has 2 heterocycles. The molecule has 0 saturated heterocycles. The third-order valence-corrected chi connectivity index (χ3v) is 5.39. The van der Waals surface area contributed by atoms with Crippen molar-refractivity contribution in [2.24, 2.45) is 0 Å². The van der Waals surface area contributed by atoms with E-state index in [1.807, 2.05) is 0 Å². The van der Waals surface area contributed by atoms with Crippen LogP contribution in [0.5, 0.6) is 0 Å². The maximum absolute atomic E-state index is 12.5. The molecule has 1 aliphatic heterocycles. The number of nitrogens with zero attached hydrogens (tertiary/aromatic N) is 2. The van der Waals surface area contributed by atoms with Crippen LogP contribution in [0, 0.1) is 6.92 Å². The lowest BCUT2D eigenvalue weighted by atomic mass is 10.1. The number of aromatic nitrogens is 2. The van der Waals surface area contributed by atoms with E-state index in [1.54, 1.807) is 18.9 Å². The molecule has 0 spiro atoms. The summed E-state index contributed by atoms with van der Waals surface area (Å²) < 4.78 is 5.10. The topological polar surface area (TPSA) is 58.2 Å². The van der Waals surface area contributed by atoms with Gasteiger partial charge in [0, 0.05) is 45.5 Å². The van der Waals surface area contributed by atoms with Gasteiger partial charge in [0.05, 0.1) is 11.3 Å². The Morgan fingerprint density at radius 2 is 2.12 bits per heavy atom. The van der Waals surface area contributed by atoms with Crippen LogP contribution in [0.15, 0.2) is 34.2 Å². The molecule has 0 atom stereocenters. The molecule has 3 rings (SSSR count). The van der Waals surface area contributed by atoms with Gasteiger partial charge >= 0.3 is 0 Å². The molecule has 0 aliphatic carbocycles. The van der Waals surface area contributed by atoms with Gasteiger partial charge in [0.1, 0.15) is 0 Å². The fourth-order valence-corrected chi connectivity index (χ4v) is 3.82. The maximum atomic E-state index is 12.5. The van der Waals surface area contributed by atoms with Crippen molar-refractivity contribution in [2.75, 3.05) is 26.8 Å². The lowest BCUT2D eigenvalue weighted by molar-refractivity contribution is 0.166. The number of benzene rings is 1. The van der Waals surface area contributed by atoms with Gasteiger partial charge in [-0.05, 0) is 18.9 Å². The standard InChI is InChI=1S/C19H25N3O2S/c1-14-4-6-15(7-5-14)13-25-19-20-17-8-10-22(9-3-11-24-2)12-16(17)18(23)21-19/h4-7H,3,8-13H2,1-2H3,(H,20,21,23). The first-order valence-corrected chi connectivity index (χ1v) is 9.66. The molecule has 134 valence electrons. The van der Waals surface area contributed by atoms with Gasteiger partial charge in [0.25, 0.3) is 5.56 Å². The highest BCUT2D eigenvalue weighted by Gasteiger charge is 2.20. The number of ether oxygens (including phenoxy) is 1. The molecule has 5 nitrogen and oxygen atoms in total. The highest BCUT2D eigenvalue weighted by Crippen LogP contribution is 2.21. The van der Waals surface area contributed by atoms with Crippen molar-refractivity contribution < 1.29 is 4.74 Å². The Hall–Kier alpha value is -1.63. The van der Waals surface area contributed by atoms with Crippen LogP contribution >= 0.6 is 11.8 Å². The number of aromatic amines is 1. The number of hydrogen-bond donors (Lipinski definition) is 1. The van der Waals surface area contributed by atoms with Gasteiger partial charge in [-0.15, -0.1) is 0 Å². The van der Waals surface area contributed by atoms with Gasteiger partial charge in [0.15, 0.2) is 5.16 Å². The van der Waals surface area contributed by atoms with Gasteiger partial charge in [-0.25, -0.2) is 4.98 Å². The molecule has 25 heavy (non-hydrogen) atoms. The van der Waals surface area contributed by atoms with Crippen molar-refractivity contribution in [1.82, 2.24) is 14.9 Å². The van der Waals surface area contributed by atoms with Gasteiger partial charge < -0.3 is 9.72 Å². The molecule has 6 heteroatoms. The minimum absolute atomic E-state index is 0.00727. The van der Waals surface area contributed by atoms with E-state index in [-0.39, 0.29) is 5.56 Å². The molecule has 0 amide bonds. The van der Waals surface area contributed by atoms with E-state index in [1.165, 1.54) is 11.1 Å². The van der Waals surface area contributed by atoms with Crippen LogP contribution in [-0.4, -0.2) is 41.7 Å². The van der Waals surface area contributed by atoms with Crippen molar-refractivity contribution >= 4 is 11.8 Å². The summed E-state index contributed by atoms with van der Waals surface area (Å²) in [7, 11) is 1.72. The molecule has 1 aromatic carbocycles. The van der Waals surface area contributed by atoms with Gasteiger partial charge in [0.2, 0.25) is 0 Å². The van der Waals surface area contributed by atoms with Crippen molar-refractivity contribution in [2.45, 2.75) is 37.2 Å². The molecule has 1 aromatic heterocycles. The van der Waals surface area contributed by atoms with Crippen molar-refractivity contribution in [3.05, 3.63) is 57.0 Å². The van der Waals surface area contributed by atoms with E-state index in [4.69, 9.17) is 9.72 Å². The van der Waals surface area contributed by atoms with Crippen molar-refractivity contribution in [1.29, 1.82) is 0 Å². The monoisotopic (exact) mass is 359 g/mol. The number of nitrogens with one attached hydrogen (secondary N) is 1. The molecule has 2 aromatic rings. The van der Waals surface area contributed by atoms with E-state index in [9.17, 15) is 4.79 Å². The molecular weight excluding hydrogens is 334 g/mol. The van der Waals surface area contributed by atoms with Gasteiger partial charge in [-0.2, -0.15) is 0 Å². The Labute approximate surface area is 152 Å². The number of H-pyrrole nitrogens is 1. The van der Waals surface area contributed by atoms with Crippen LogP contribution < -0.4 is 5.56 Å². The number of hydrogen-bond acceptors (Lipinski definition) is 5. The van der Waals surface area contributed by atoms with Crippen molar-refractivity contribution in [3.8, 4) is 0 Å². The maximum Gasteiger partial charge on any atom is 0.256 e. The zero-order valence-corrected chi connectivity index (χ0v) is 15.7. The number of methoxy groups -OCH3 is 1. The summed E-state index contributed by atoms with van der Waals surface area (Å²) in [4.78, 5) is 22.4. The van der Waals surface area contributed by atoms with Crippen LogP contribution in [0.25, 0.3) is 0 Å². The van der Waals surface area contributed by atoms with E-state index in [0.717, 1.165) is 54.7 Å². The van der Waals surface area contributed by atoms with Crippen LogP contribution in [0.3, 0.4) is 0 Å². The fraction of sp³-hybridized carbons (Fsp3) is 0.474. The first-order valence-electron chi connectivity index (χ1n) is 8.67. The Morgan fingerprint density at radius 1 is 1.32 bits per heavy atom. The molecule has 0 radical (unpaired) electrons. The largest absolute Gasteiger partial charge is 0.385 e. The summed E-state index contributed by atoms with van der Waals surface area (Å²) in [5.41, 5.74) is 4.28. The van der Waals surface area contributed by atoms with E-state index in [0.29, 0.717) is 6.54 Å². The summed E-state index contributed by atoms with van der Waals surface area (Å²) >= 11 is 1.59. The number of thioether (sulfide) groups is 1. The lowest BCUT2D eigenvalue weighted by Crippen LogP contribution is -2.36. The Bertz CT molecular complexity index is 758. The van der Waals surface area contributed by atoms with E-state index >= 15 is 0 Å². The van der Waals surface area contributed by atoms with E-state index in [2.05, 4.69) is 41.1 Å². The lowest BCUT2D eigenvalue weighted by Gasteiger charge is -2.27. The first-order chi connectivity index (χ1) is 12.2. The van der Waals surface area contributed by atoms with Gasteiger partial charge in [-0.1, -0.05) is 41.6 Å². The van der Waals surface area contributed by atoms with E-state index < -0.39 is 0 Å². The fourth-order valence-electron chi connectivity index (χ4n) is 2.99. The Balaban J connectivity index is 1.64. The van der Waals surface area contributed by atoms with Gasteiger partial charge in [-0.3, -0.25) is 9.69 Å². The molecule has 1 N–H and O–H groups in total. The summed E-state index contributed by atoms with van der Waals surface area (Å²) in [6, 6.07) is 8.46. The smallest absolute Gasteiger partial charge is 0.256 e. The number of rotatable bonds is 7. The molecule has 0 bridgehead atoms. The zero-order chi connectivity index (χ0) is 17.6. The highest BCUT2D eigenvalue weighted by atomic mass is 32.2. The second kappa shape index (κ2) is 8.65. The normalized spacial score (nSPS) is 14.5. The van der Waals surface area contributed by atoms with Crippen LogP contribution in [0.2, 0.25) is 0 Å². The molecule has 0 unspecified atom stereocenters. The van der Waals surface area contributed by atoms with Crippen molar-refractivity contribution in [3.63, 3.8) is 0 Å². The zero-order valence-electron chi connectivity index (χ0n) is 14.9. The molecule has 1 aliphatic rings. The second-order valence-corrected chi connectivity index (χ2v) is 7.41. The summed E-state index contributed by atoms with van der Waals surface area (Å²) in [5, 5.41) is 0.720. The third kappa shape index (κ3) is 4.93. The first kappa shape index (κ1) is 18.2. The molecular formula is C19H25N3O2S. The number of fused-ring (bicyclic) bond motifs is 1. The average molecular weight is 359 g/mol. The number of aryl methyl sites for hydroxylation is 1. The quantitative estimate of drug-likeness (QED) is 0.468. The SMILES string of the molecule is COCCCN1CCc2nc(SCc3ccc(C)cc3)[nH]c(=O)c2C1. The second-order valence-electron chi connectivity index (χ2n) is 6.44. The Kier molecular flexibility index (Phi) is 6.29. The predicted molar refractivity (Wildman–Crippen MR) is 101 cm³/mol. The average Bonchev–Trinajstić information content (AvgIpc) is 2.62. The molecule has 0 saturated carbocycles. The predicted octanol–water partition coefficient (Wildman–Crippen LogP) is 2.77. The summed E-state index contributed by atoms with van der Waals surface area (Å²) in [6.07, 6.45) is 1.83. The minimum atomic E-state index is 0.00727. The van der Waals surface area contributed by atoms with Crippen LogP contribution in [0.4, 0.5) is 0 Å². The van der Waals surface area contributed by atoms with Crippen LogP contribution in [-0.2, 0) is 23.5 Å². The summed E-state index contributed by atoms with van der Waals surface area (Å²) in [6.45, 7) is 5.43. The third-order valence-electron chi connectivity index (χ3n) is 4.44. The summed E-state index contributed by atoms with van der Waals surface area (Å²) in [5.74, 6) is 0.811. The Morgan fingerprint density at radius 3 is 2.88 bits per heavy atom. The minimum Gasteiger partial charge on any atom is -0.385 e. The molecule has 0 fully saturated rings.